The number of rotatable bonds is 4. The number of nitrogens with zero attached hydrogens (tertiary/aromatic N) is 3. The van der Waals surface area contributed by atoms with E-state index in [-0.39, 0.29) is 5.91 Å². The molecule has 1 unspecified atom stereocenters. The first-order valence-corrected chi connectivity index (χ1v) is 8.96. The van der Waals surface area contributed by atoms with Gasteiger partial charge in [-0.2, -0.15) is 0 Å². The maximum Gasteiger partial charge on any atom is 0.270 e. The summed E-state index contributed by atoms with van der Waals surface area (Å²) in [5.41, 5.74) is 2.73. The van der Waals surface area contributed by atoms with Crippen LogP contribution in [-0.4, -0.2) is 29.0 Å². The van der Waals surface area contributed by atoms with E-state index in [2.05, 4.69) is 27.1 Å². The van der Waals surface area contributed by atoms with Crippen molar-refractivity contribution < 1.29 is 4.79 Å². The number of hydrogen-bond donors (Lipinski definition) is 1. The summed E-state index contributed by atoms with van der Waals surface area (Å²) in [6.07, 6.45) is 2.42. The lowest BCUT2D eigenvalue weighted by atomic mass is 10.0. The summed E-state index contributed by atoms with van der Waals surface area (Å²) in [6.45, 7) is 8.63. The van der Waals surface area contributed by atoms with Crippen LogP contribution < -0.4 is 10.2 Å². The van der Waals surface area contributed by atoms with Gasteiger partial charge < -0.3 is 10.2 Å². The Morgan fingerprint density at radius 1 is 1.28 bits per heavy atom. The molecule has 0 aliphatic carbocycles. The summed E-state index contributed by atoms with van der Waals surface area (Å²) in [4.78, 5) is 23.7. The largest absolute Gasteiger partial charge is 0.356 e. The molecule has 5 nitrogen and oxygen atoms in total. The summed E-state index contributed by atoms with van der Waals surface area (Å²) in [6, 6.07) is 9.88. The highest BCUT2D eigenvalue weighted by molar-refractivity contribution is 5.92. The van der Waals surface area contributed by atoms with E-state index in [1.54, 1.807) is 0 Å². The van der Waals surface area contributed by atoms with Crippen molar-refractivity contribution in [3.8, 4) is 0 Å². The second kappa shape index (κ2) is 7.64. The summed E-state index contributed by atoms with van der Waals surface area (Å²) in [5, 5.41) is 2.97. The van der Waals surface area contributed by atoms with Gasteiger partial charge in [-0.15, -0.1) is 0 Å². The van der Waals surface area contributed by atoms with Gasteiger partial charge in [-0.1, -0.05) is 31.2 Å². The second-order valence-corrected chi connectivity index (χ2v) is 6.96. The molecule has 0 bridgehead atoms. The summed E-state index contributed by atoms with van der Waals surface area (Å²) < 4.78 is 0. The number of carbonyl (C=O) groups excluding carboxylic acids is 1. The van der Waals surface area contributed by atoms with Crippen molar-refractivity contribution in [2.75, 3.05) is 18.0 Å². The molecule has 0 saturated carbocycles. The molecule has 0 spiro atoms. The Balaban J connectivity index is 1.73. The van der Waals surface area contributed by atoms with Crippen LogP contribution in [0.15, 0.2) is 30.3 Å². The van der Waals surface area contributed by atoms with E-state index in [1.807, 2.05) is 44.2 Å². The van der Waals surface area contributed by atoms with Crippen LogP contribution in [0.4, 0.5) is 5.82 Å². The lowest BCUT2D eigenvalue weighted by Gasteiger charge is -2.32. The van der Waals surface area contributed by atoms with E-state index in [0.717, 1.165) is 24.5 Å². The topological polar surface area (TPSA) is 58.1 Å². The van der Waals surface area contributed by atoms with E-state index in [9.17, 15) is 4.79 Å². The number of amides is 1. The van der Waals surface area contributed by atoms with Crippen LogP contribution in [0.2, 0.25) is 0 Å². The molecule has 1 fully saturated rings. The number of anilines is 1. The van der Waals surface area contributed by atoms with E-state index >= 15 is 0 Å². The molecular weight excluding hydrogens is 312 g/mol. The minimum Gasteiger partial charge on any atom is -0.356 e. The molecule has 1 N–H and O–H groups in total. The molecule has 2 aromatic rings. The quantitative estimate of drug-likeness (QED) is 0.929. The predicted molar refractivity (Wildman–Crippen MR) is 99.7 cm³/mol. The van der Waals surface area contributed by atoms with Crippen LogP contribution in [0.1, 0.15) is 47.2 Å². The van der Waals surface area contributed by atoms with Gasteiger partial charge in [0.25, 0.3) is 5.91 Å². The summed E-state index contributed by atoms with van der Waals surface area (Å²) in [7, 11) is 0. The Hall–Kier alpha value is -2.43. The van der Waals surface area contributed by atoms with Crippen molar-refractivity contribution in [2.45, 2.75) is 40.2 Å². The van der Waals surface area contributed by atoms with E-state index in [0.29, 0.717) is 24.0 Å². The van der Waals surface area contributed by atoms with E-state index < -0.39 is 0 Å². The lowest BCUT2D eigenvalue weighted by molar-refractivity contribution is 0.0945. The number of benzene rings is 1. The minimum absolute atomic E-state index is 0.153. The van der Waals surface area contributed by atoms with Gasteiger partial charge in [0, 0.05) is 25.7 Å². The van der Waals surface area contributed by atoms with Crippen LogP contribution in [-0.2, 0) is 6.54 Å². The summed E-state index contributed by atoms with van der Waals surface area (Å²) in [5.74, 6) is 2.00. The van der Waals surface area contributed by atoms with Gasteiger partial charge in [-0.25, -0.2) is 9.97 Å². The van der Waals surface area contributed by atoms with Crippen LogP contribution in [0.25, 0.3) is 0 Å². The monoisotopic (exact) mass is 338 g/mol. The Kier molecular flexibility index (Phi) is 5.31. The molecule has 2 heterocycles. The molecule has 1 aromatic carbocycles. The third kappa shape index (κ3) is 4.35. The molecule has 1 saturated heterocycles. The first-order chi connectivity index (χ1) is 12.0. The molecule has 5 heteroatoms. The predicted octanol–water partition coefficient (Wildman–Crippen LogP) is 3.26. The number of hydrogen-bond acceptors (Lipinski definition) is 4. The van der Waals surface area contributed by atoms with E-state index in [1.165, 1.54) is 18.4 Å². The molecule has 1 aliphatic rings. The molecule has 3 rings (SSSR count). The molecule has 1 amide bonds. The highest BCUT2D eigenvalue weighted by Crippen LogP contribution is 2.22. The van der Waals surface area contributed by atoms with Gasteiger partial charge in [0.05, 0.1) is 0 Å². The SMILES string of the molecule is Cc1nc(C(=O)NCc2ccccc2C)cc(N2CCCC(C)C2)n1. The van der Waals surface area contributed by atoms with Crippen LogP contribution in [0.5, 0.6) is 0 Å². The Morgan fingerprint density at radius 3 is 2.84 bits per heavy atom. The van der Waals surface area contributed by atoms with Gasteiger partial charge in [0.2, 0.25) is 0 Å². The smallest absolute Gasteiger partial charge is 0.270 e. The van der Waals surface area contributed by atoms with Gasteiger partial charge in [0.1, 0.15) is 17.3 Å². The van der Waals surface area contributed by atoms with Crippen LogP contribution in [0, 0.1) is 19.8 Å². The molecular formula is C20H26N4O. The minimum atomic E-state index is -0.153. The fourth-order valence-electron chi connectivity index (χ4n) is 3.30. The zero-order chi connectivity index (χ0) is 17.8. The first-order valence-electron chi connectivity index (χ1n) is 8.96. The van der Waals surface area contributed by atoms with Crippen molar-refractivity contribution in [1.82, 2.24) is 15.3 Å². The third-order valence-corrected chi connectivity index (χ3v) is 4.74. The molecule has 0 radical (unpaired) electrons. The standard InChI is InChI=1S/C20H26N4O/c1-14-7-6-10-24(13-14)19-11-18(22-16(3)23-19)20(25)21-12-17-9-5-4-8-15(17)2/h4-5,8-9,11,14H,6-7,10,12-13H2,1-3H3,(H,21,25). The number of carbonyl (C=O) groups is 1. The van der Waals surface area contributed by atoms with E-state index in [4.69, 9.17) is 0 Å². The Bertz CT molecular complexity index is 759. The molecule has 1 aliphatic heterocycles. The van der Waals surface area contributed by atoms with Gasteiger partial charge >= 0.3 is 0 Å². The Labute approximate surface area is 149 Å². The number of nitrogens with one attached hydrogen (secondary N) is 1. The maximum absolute atomic E-state index is 12.6. The van der Waals surface area contributed by atoms with Crippen molar-refractivity contribution in [3.63, 3.8) is 0 Å². The molecule has 132 valence electrons. The molecule has 1 aromatic heterocycles. The Morgan fingerprint density at radius 2 is 2.08 bits per heavy atom. The van der Waals surface area contributed by atoms with Crippen molar-refractivity contribution in [3.05, 3.63) is 53.0 Å². The number of aryl methyl sites for hydroxylation is 2. The average Bonchev–Trinajstić information content (AvgIpc) is 2.60. The fraction of sp³-hybridized carbons (Fsp3) is 0.450. The van der Waals surface area contributed by atoms with Crippen molar-refractivity contribution in [2.24, 2.45) is 5.92 Å². The molecule has 1 atom stereocenters. The summed E-state index contributed by atoms with van der Waals surface area (Å²) >= 11 is 0. The normalized spacial score (nSPS) is 17.4. The number of piperidine rings is 1. The van der Waals surface area contributed by atoms with Gasteiger partial charge in [-0.05, 0) is 43.7 Å². The van der Waals surface area contributed by atoms with Crippen molar-refractivity contribution in [1.29, 1.82) is 0 Å². The molecule has 25 heavy (non-hydrogen) atoms. The maximum atomic E-state index is 12.6. The van der Waals surface area contributed by atoms with Gasteiger partial charge in [-0.3, -0.25) is 4.79 Å². The highest BCUT2D eigenvalue weighted by Gasteiger charge is 2.20. The zero-order valence-corrected chi connectivity index (χ0v) is 15.2. The highest BCUT2D eigenvalue weighted by atomic mass is 16.1. The average molecular weight is 338 g/mol. The van der Waals surface area contributed by atoms with Crippen LogP contribution >= 0.6 is 0 Å². The second-order valence-electron chi connectivity index (χ2n) is 6.96. The zero-order valence-electron chi connectivity index (χ0n) is 15.2. The number of aromatic nitrogens is 2. The first kappa shape index (κ1) is 17.4. The third-order valence-electron chi connectivity index (χ3n) is 4.74. The van der Waals surface area contributed by atoms with Gasteiger partial charge in [0.15, 0.2) is 0 Å². The lowest BCUT2D eigenvalue weighted by Crippen LogP contribution is -2.35. The van der Waals surface area contributed by atoms with Crippen LogP contribution in [0.3, 0.4) is 0 Å². The van der Waals surface area contributed by atoms with Crippen molar-refractivity contribution >= 4 is 11.7 Å². The fourth-order valence-corrected chi connectivity index (χ4v) is 3.30.